The molecule has 2 aliphatic rings. The molecule has 2 saturated heterocycles. The first-order valence-corrected chi connectivity index (χ1v) is 6.10. The van der Waals surface area contributed by atoms with Gasteiger partial charge in [-0.25, -0.2) is 0 Å². The van der Waals surface area contributed by atoms with E-state index < -0.39 is 0 Å². The number of hydrogen-bond donors (Lipinski definition) is 0. The van der Waals surface area contributed by atoms with Gasteiger partial charge < -0.3 is 18.9 Å². The molecule has 4 heteroatoms. The van der Waals surface area contributed by atoms with E-state index in [1.54, 1.807) is 0 Å². The third kappa shape index (κ3) is 4.21. The topological polar surface area (TPSA) is 36.9 Å². The second-order valence-corrected chi connectivity index (χ2v) is 6.41. The number of ether oxygens (including phenoxy) is 4. The summed E-state index contributed by atoms with van der Waals surface area (Å²) in [7, 11) is 0. The van der Waals surface area contributed by atoms with Crippen LogP contribution in [0.5, 0.6) is 0 Å². The molecule has 2 aliphatic heterocycles. The third-order valence-electron chi connectivity index (χ3n) is 3.44. The van der Waals surface area contributed by atoms with Crippen molar-refractivity contribution in [2.75, 3.05) is 26.8 Å². The lowest BCUT2D eigenvalue weighted by molar-refractivity contribution is -0.153. The van der Waals surface area contributed by atoms with Crippen molar-refractivity contribution in [1.29, 1.82) is 0 Å². The summed E-state index contributed by atoms with van der Waals surface area (Å²) >= 11 is 0. The van der Waals surface area contributed by atoms with Gasteiger partial charge in [0.15, 0.2) is 0 Å². The van der Waals surface area contributed by atoms with Crippen LogP contribution >= 0.6 is 0 Å². The summed E-state index contributed by atoms with van der Waals surface area (Å²) in [6, 6.07) is 0. The quantitative estimate of drug-likeness (QED) is 0.658. The van der Waals surface area contributed by atoms with Gasteiger partial charge in [0.1, 0.15) is 13.6 Å². The van der Waals surface area contributed by atoms with E-state index in [-0.39, 0.29) is 16.6 Å². The van der Waals surface area contributed by atoms with Gasteiger partial charge in [0, 0.05) is 5.41 Å². The molecular formula is C13H26O4. The van der Waals surface area contributed by atoms with E-state index in [9.17, 15) is 0 Å². The van der Waals surface area contributed by atoms with E-state index in [0.29, 0.717) is 13.6 Å². The summed E-state index contributed by atoms with van der Waals surface area (Å²) in [6.07, 6.45) is 0. The van der Waals surface area contributed by atoms with Crippen LogP contribution in [0.2, 0.25) is 0 Å². The van der Waals surface area contributed by atoms with Crippen molar-refractivity contribution in [1.82, 2.24) is 0 Å². The van der Waals surface area contributed by atoms with Crippen LogP contribution in [0.4, 0.5) is 0 Å². The lowest BCUT2D eigenvalue weighted by atomic mass is 9.90. The lowest BCUT2D eigenvalue weighted by Gasteiger charge is -2.30. The van der Waals surface area contributed by atoms with E-state index in [4.69, 9.17) is 18.9 Å². The monoisotopic (exact) mass is 246 g/mol. The Morgan fingerprint density at radius 1 is 0.647 bits per heavy atom. The van der Waals surface area contributed by atoms with E-state index in [1.165, 1.54) is 0 Å². The molecule has 0 N–H and O–H groups in total. The predicted octanol–water partition coefficient (Wildman–Crippen LogP) is 2.56. The summed E-state index contributed by atoms with van der Waals surface area (Å²) < 4.78 is 20.8. The van der Waals surface area contributed by atoms with Crippen LogP contribution in [0.25, 0.3) is 0 Å². The van der Waals surface area contributed by atoms with E-state index in [0.717, 1.165) is 13.2 Å². The van der Waals surface area contributed by atoms with Gasteiger partial charge in [0.25, 0.3) is 0 Å². The van der Waals surface area contributed by atoms with Crippen LogP contribution in [0.3, 0.4) is 0 Å². The van der Waals surface area contributed by atoms with Gasteiger partial charge in [-0.3, -0.25) is 0 Å². The minimum Gasteiger partial charge on any atom is -0.355 e. The van der Waals surface area contributed by atoms with Crippen molar-refractivity contribution >= 4 is 0 Å². The second-order valence-electron chi connectivity index (χ2n) is 6.41. The maximum Gasteiger partial charge on any atom is 0.148 e. The molecule has 0 aromatic heterocycles. The minimum atomic E-state index is -0.132. The fraction of sp³-hybridized carbons (Fsp3) is 1.00. The molecule has 0 bridgehead atoms. The molecule has 0 spiro atoms. The van der Waals surface area contributed by atoms with E-state index in [1.807, 2.05) is 27.7 Å². The SMILES string of the molecule is CC1(C)COCOC1.CC1(C)OCOC1(C)C. The highest BCUT2D eigenvalue weighted by molar-refractivity contribution is 4.91. The van der Waals surface area contributed by atoms with Crippen molar-refractivity contribution in [3.8, 4) is 0 Å². The zero-order valence-corrected chi connectivity index (χ0v) is 12.0. The van der Waals surface area contributed by atoms with Crippen molar-refractivity contribution in [3.05, 3.63) is 0 Å². The van der Waals surface area contributed by atoms with Gasteiger partial charge in [0.05, 0.1) is 24.4 Å². The van der Waals surface area contributed by atoms with Crippen LogP contribution < -0.4 is 0 Å². The molecule has 0 atom stereocenters. The molecule has 0 aliphatic carbocycles. The van der Waals surface area contributed by atoms with Gasteiger partial charge >= 0.3 is 0 Å². The Kier molecular flexibility index (Phi) is 4.58. The number of hydrogen-bond acceptors (Lipinski definition) is 4. The van der Waals surface area contributed by atoms with Gasteiger partial charge in [-0.05, 0) is 27.7 Å². The first-order chi connectivity index (χ1) is 7.66. The highest BCUT2D eigenvalue weighted by Crippen LogP contribution is 2.34. The zero-order chi connectivity index (χ0) is 13.2. The molecule has 0 unspecified atom stereocenters. The van der Waals surface area contributed by atoms with Crippen LogP contribution in [0.15, 0.2) is 0 Å². The highest BCUT2D eigenvalue weighted by Gasteiger charge is 2.44. The standard InChI is InChI=1S/C7H14O2.C6H12O2/c1-6(2)7(3,4)9-5-8-6;1-6(2)3-7-5-8-4-6/h5H2,1-4H3;3-5H2,1-2H3. The largest absolute Gasteiger partial charge is 0.355 e. The molecule has 0 saturated carbocycles. The molecular weight excluding hydrogens is 220 g/mol. The van der Waals surface area contributed by atoms with Crippen molar-refractivity contribution < 1.29 is 18.9 Å². The summed E-state index contributed by atoms with van der Waals surface area (Å²) in [5.41, 5.74) is -0.0295. The molecule has 0 amide bonds. The average molecular weight is 246 g/mol. The Hall–Kier alpha value is -0.160. The average Bonchev–Trinajstić information content (AvgIpc) is 2.40. The van der Waals surface area contributed by atoms with Gasteiger partial charge in [-0.2, -0.15) is 0 Å². The van der Waals surface area contributed by atoms with Crippen LogP contribution in [-0.4, -0.2) is 38.0 Å². The first-order valence-electron chi connectivity index (χ1n) is 6.10. The highest BCUT2D eigenvalue weighted by atomic mass is 16.7. The van der Waals surface area contributed by atoms with Crippen LogP contribution in [0, 0.1) is 5.41 Å². The molecule has 17 heavy (non-hydrogen) atoms. The fourth-order valence-corrected chi connectivity index (χ4v) is 1.41. The molecule has 2 rings (SSSR count). The normalized spacial score (nSPS) is 29.3. The predicted molar refractivity (Wildman–Crippen MR) is 65.7 cm³/mol. The summed E-state index contributed by atoms with van der Waals surface area (Å²) in [5, 5.41) is 0. The molecule has 2 heterocycles. The maximum absolute atomic E-state index is 5.33. The van der Waals surface area contributed by atoms with Crippen molar-refractivity contribution in [3.63, 3.8) is 0 Å². The molecule has 2 fully saturated rings. The lowest BCUT2D eigenvalue weighted by Crippen LogP contribution is -2.41. The van der Waals surface area contributed by atoms with Gasteiger partial charge in [-0.15, -0.1) is 0 Å². The fourth-order valence-electron chi connectivity index (χ4n) is 1.41. The van der Waals surface area contributed by atoms with E-state index >= 15 is 0 Å². The first kappa shape index (κ1) is 14.9. The van der Waals surface area contributed by atoms with Crippen LogP contribution in [0.1, 0.15) is 41.5 Å². The molecule has 0 aromatic rings. The van der Waals surface area contributed by atoms with Crippen molar-refractivity contribution in [2.24, 2.45) is 5.41 Å². The summed E-state index contributed by atoms with van der Waals surface area (Å²) in [5.74, 6) is 0. The zero-order valence-electron chi connectivity index (χ0n) is 12.0. The second kappa shape index (κ2) is 5.22. The van der Waals surface area contributed by atoms with E-state index in [2.05, 4.69) is 13.8 Å². The Balaban J connectivity index is 0.000000171. The summed E-state index contributed by atoms with van der Waals surface area (Å²) in [6.45, 7) is 15.0. The Bertz CT molecular complexity index is 224. The Morgan fingerprint density at radius 3 is 1.24 bits per heavy atom. The molecule has 0 radical (unpaired) electrons. The Morgan fingerprint density at radius 2 is 1.06 bits per heavy atom. The third-order valence-corrected chi connectivity index (χ3v) is 3.44. The van der Waals surface area contributed by atoms with Crippen LogP contribution in [-0.2, 0) is 18.9 Å². The molecule has 102 valence electrons. The van der Waals surface area contributed by atoms with Crippen molar-refractivity contribution in [2.45, 2.75) is 52.7 Å². The smallest absolute Gasteiger partial charge is 0.148 e. The minimum absolute atomic E-state index is 0.132. The summed E-state index contributed by atoms with van der Waals surface area (Å²) in [4.78, 5) is 0. The number of rotatable bonds is 0. The maximum atomic E-state index is 5.33. The van der Waals surface area contributed by atoms with Gasteiger partial charge in [-0.1, -0.05) is 13.8 Å². The molecule has 4 nitrogen and oxygen atoms in total. The van der Waals surface area contributed by atoms with Gasteiger partial charge in [0.2, 0.25) is 0 Å². The Labute approximate surface area is 105 Å². The molecule has 0 aromatic carbocycles.